The molecule has 30 heavy (non-hydrogen) atoms. The zero-order valence-corrected chi connectivity index (χ0v) is 17.9. The predicted octanol–water partition coefficient (Wildman–Crippen LogP) is 5.70. The van der Waals surface area contributed by atoms with E-state index in [0.29, 0.717) is 34.6 Å². The minimum atomic E-state index is -0.408. The molecule has 3 rings (SSSR count). The van der Waals surface area contributed by atoms with E-state index in [1.165, 1.54) is 18.4 Å². The second-order valence-electron chi connectivity index (χ2n) is 7.43. The van der Waals surface area contributed by atoms with Crippen LogP contribution in [0.25, 0.3) is 0 Å². The first-order valence-electron chi connectivity index (χ1n) is 10.5. The number of benzene rings is 2. The molecular weight excluding hydrogens is 374 g/mol. The molecule has 1 aromatic heterocycles. The number of nitrogens with zero attached hydrogens (tertiary/aromatic N) is 2. The van der Waals surface area contributed by atoms with Crippen LogP contribution in [-0.2, 0) is 0 Å². The van der Waals surface area contributed by atoms with Gasteiger partial charge in [0.1, 0.15) is 0 Å². The Balaban J connectivity index is 1.70. The Morgan fingerprint density at radius 2 is 1.57 bits per heavy atom. The first-order chi connectivity index (χ1) is 14.6. The number of anilines is 1. The van der Waals surface area contributed by atoms with Gasteiger partial charge in [-0.3, -0.25) is 0 Å². The topological polar surface area (TPSA) is 64.1 Å². The number of ether oxygens (including phenoxy) is 1. The SMILES string of the molecule is CCCCC(CNc1nc(C)c(OC(=O)c2ccccc2)c(C)n1)c1ccccc1. The van der Waals surface area contributed by atoms with Crippen molar-refractivity contribution in [3.05, 3.63) is 83.2 Å². The van der Waals surface area contributed by atoms with Crippen molar-refractivity contribution in [3.8, 4) is 5.75 Å². The van der Waals surface area contributed by atoms with Gasteiger partial charge in [-0.15, -0.1) is 0 Å². The normalized spacial score (nSPS) is 11.7. The van der Waals surface area contributed by atoms with Gasteiger partial charge < -0.3 is 10.1 Å². The molecule has 3 aromatic rings. The number of carbonyl (C=O) groups excluding carboxylic acids is 1. The van der Waals surface area contributed by atoms with Crippen LogP contribution in [0.3, 0.4) is 0 Å². The summed E-state index contributed by atoms with van der Waals surface area (Å²) >= 11 is 0. The molecule has 5 nitrogen and oxygen atoms in total. The van der Waals surface area contributed by atoms with Gasteiger partial charge in [-0.05, 0) is 38.0 Å². The molecule has 2 aromatic carbocycles. The summed E-state index contributed by atoms with van der Waals surface area (Å²) in [4.78, 5) is 21.4. The lowest BCUT2D eigenvalue weighted by Crippen LogP contribution is -2.16. The Hall–Kier alpha value is -3.21. The van der Waals surface area contributed by atoms with Crippen LogP contribution in [0.2, 0.25) is 0 Å². The van der Waals surface area contributed by atoms with E-state index in [-0.39, 0.29) is 0 Å². The third-order valence-corrected chi connectivity index (χ3v) is 5.09. The van der Waals surface area contributed by atoms with E-state index >= 15 is 0 Å². The second kappa shape index (κ2) is 10.5. The van der Waals surface area contributed by atoms with Crippen molar-refractivity contribution in [2.45, 2.75) is 46.0 Å². The molecule has 0 amide bonds. The number of aryl methyl sites for hydroxylation is 2. The molecule has 5 heteroatoms. The van der Waals surface area contributed by atoms with Gasteiger partial charge in [0.2, 0.25) is 5.95 Å². The van der Waals surface area contributed by atoms with Crippen LogP contribution in [0, 0.1) is 13.8 Å². The summed E-state index contributed by atoms with van der Waals surface area (Å²) in [5.74, 6) is 0.961. The van der Waals surface area contributed by atoms with Crippen molar-refractivity contribution in [1.82, 2.24) is 9.97 Å². The fourth-order valence-corrected chi connectivity index (χ4v) is 3.44. The maximum atomic E-state index is 12.4. The van der Waals surface area contributed by atoms with E-state index in [1.807, 2.05) is 38.1 Å². The van der Waals surface area contributed by atoms with Crippen molar-refractivity contribution in [1.29, 1.82) is 0 Å². The van der Waals surface area contributed by atoms with Crippen LogP contribution < -0.4 is 10.1 Å². The molecule has 0 aliphatic carbocycles. The summed E-state index contributed by atoms with van der Waals surface area (Å²) in [5.41, 5.74) is 3.10. The van der Waals surface area contributed by atoms with Gasteiger partial charge in [-0.2, -0.15) is 0 Å². The van der Waals surface area contributed by atoms with Crippen molar-refractivity contribution >= 4 is 11.9 Å². The molecule has 0 aliphatic rings. The summed E-state index contributed by atoms with van der Waals surface area (Å²) in [6.45, 7) is 6.63. The van der Waals surface area contributed by atoms with Gasteiger partial charge in [0, 0.05) is 12.5 Å². The Labute approximate surface area is 178 Å². The molecular formula is C25H29N3O2. The number of rotatable bonds is 9. The number of esters is 1. The summed E-state index contributed by atoms with van der Waals surface area (Å²) in [6.07, 6.45) is 3.45. The first-order valence-corrected chi connectivity index (χ1v) is 10.5. The molecule has 1 atom stereocenters. The molecule has 0 radical (unpaired) electrons. The van der Waals surface area contributed by atoms with Crippen molar-refractivity contribution in [3.63, 3.8) is 0 Å². The lowest BCUT2D eigenvalue weighted by atomic mass is 9.93. The van der Waals surface area contributed by atoms with Gasteiger partial charge in [0.05, 0.1) is 17.0 Å². The highest BCUT2D eigenvalue weighted by Gasteiger charge is 2.16. The highest BCUT2D eigenvalue weighted by molar-refractivity contribution is 5.91. The summed E-state index contributed by atoms with van der Waals surface area (Å²) in [6, 6.07) is 19.5. The van der Waals surface area contributed by atoms with E-state index in [2.05, 4.69) is 46.5 Å². The Bertz CT molecular complexity index is 936. The number of unbranched alkanes of at least 4 members (excludes halogenated alkanes) is 1. The van der Waals surface area contributed by atoms with Crippen LogP contribution in [-0.4, -0.2) is 22.5 Å². The van der Waals surface area contributed by atoms with Crippen LogP contribution in [0.15, 0.2) is 60.7 Å². The second-order valence-corrected chi connectivity index (χ2v) is 7.43. The van der Waals surface area contributed by atoms with Crippen LogP contribution in [0.4, 0.5) is 5.95 Å². The standard InChI is InChI=1S/C25H29N3O2/c1-4-5-12-22(20-13-8-6-9-14-20)17-26-25-27-18(2)23(19(3)28-25)30-24(29)21-15-10-7-11-16-21/h6-11,13-16,22H,4-5,12,17H2,1-3H3,(H,26,27,28). The molecule has 156 valence electrons. The van der Waals surface area contributed by atoms with E-state index in [4.69, 9.17) is 4.74 Å². The number of carbonyl (C=O) groups is 1. The molecule has 1 N–H and O–H groups in total. The fourth-order valence-electron chi connectivity index (χ4n) is 3.44. The lowest BCUT2D eigenvalue weighted by molar-refractivity contribution is 0.0730. The average Bonchev–Trinajstić information content (AvgIpc) is 2.77. The smallest absolute Gasteiger partial charge is 0.343 e. The van der Waals surface area contributed by atoms with Gasteiger partial charge in [-0.1, -0.05) is 68.3 Å². The summed E-state index contributed by atoms with van der Waals surface area (Å²) in [5, 5.41) is 3.38. The van der Waals surface area contributed by atoms with E-state index in [0.717, 1.165) is 13.0 Å². The molecule has 0 bridgehead atoms. The quantitative estimate of drug-likeness (QED) is 0.464. The molecule has 0 spiro atoms. The molecule has 0 saturated heterocycles. The zero-order chi connectivity index (χ0) is 21.3. The van der Waals surface area contributed by atoms with Gasteiger partial charge in [0.25, 0.3) is 0 Å². The number of aromatic nitrogens is 2. The van der Waals surface area contributed by atoms with Crippen molar-refractivity contribution in [2.24, 2.45) is 0 Å². The number of hydrogen-bond acceptors (Lipinski definition) is 5. The highest BCUT2D eigenvalue weighted by atomic mass is 16.5. The number of nitrogens with one attached hydrogen (secondary N) is 1. The van der Waals surface area contributed by atoms with Gasteiger partial charge in [-0.25, -0.2) is 14.8 Å². The Morgan fingerprint density at radius 3 is 2.17 bits per heavy atom. The van der Waals surface area contributed by atoms with Crippen LogP contribution in [0.5, 0.6) is 5.75 Å². The largest absolute Gasteiger partial charge is 0.419 e. The van der Waals surface area contributed by atoms with E-state index < -0.39 is 5.97 Å². The summed E-state index contributed by atoms with van der Waals surface area (Å²) in [7, 11) is 0. The zero-order valence-electron chi connectivity index (χ0n) is 17.9. The fraction of sp³-hybridized carbons (Fsp3) is 0.320. The van der Waals surface area contributed by atoms with Crippen LogP contribution >= 0.6 is 0 Å². The Morgan fingerprint density at radius 1 is 0.967 bits per heavy atom. The average molecular weight is 404 g/mol. The Kier molecular flexibility index (Phi) is 7.55. The minimum absolute atomic E-state index is 0.394. The highest BCUT2D eigenvalue weighted by Crippen LogP contribution is 2.25. The third-order valence-electron chi connectivity index (χ3n) is 5.09. The third kappa shape index (κ3) is 5.66. The van der Waals surface area contributed by atoms with Crippen LogP contribution in [0.1, 0.15) is 59.4 Å². The maximum absolute atomic E-state index is 12.4. The first kappa shape index (κ1) is 21.5. The number of hydrogen-bond donors (Lipinski definition) is 1. The molecule has 0 saturated carbocycles. The van der Waals surface area contributed by atoms with Gasteiger partial charge in [0.15, 0.2) is 5.75 Å². The predicted molar refractivity (Wildman–Crippen MR) is 120 cm³/mol. The molecule has 1 heterocycles. The van der Waals surface area contributed by atoms with E-state index in [1.54, 1.807) is 12.1 Å². The van der Waals surface area contributed by atoms with Crippen molar-refractivity contribution < 1.29 is 9.53 Å². The molecule has 0 fully saturated rings. The molecule has 0 aliphatic heterocycles. The maximum Gasteiger partial charge on any atom is 0.343 e. The monoisotopic (exact) mass is 403 g/mol. The van der Waals surface area contributed by atoms with Gasteiger partial charge >= 0.3 is 5.97 Å². The van der Waals surface area contributed by atoms with E-state index in [9.17, 15) is 4.79 Å². The molecule has 1 unspecified atom stereocenters. The summed E-state index contributed by atoms with van der Waals surface area (Å²) < 4.78 is 5.57. The lowest BCUT2D eigenvalue weighted by Gasteiger charge is -2.19. The van der Waals surface area contributed by atoms with Crippen molar-refractivity contribution in [2.75, 3.05) is 11.9 Å². The minimum Gasteiger partial charge on any atom is -0.419 e.